The van der Waals surface area contributed by atoms with Gasteiger partial charge in [-0.3, -0.25) is 0 Å². The van der Waals surface area contributed by atoms with E-state index in [0.717, 1.165) is 18.5 Å². The number of hydrogen-bond acceptors (Lipinski definition) is 2. The molecule has 0 aliphatic heterocycles. The van der Waals surface area contributed by atoms with Crippen LogP contribution in [0.1, 0.15) is 18.1 Å². The summed E-state index contributed by atoms with van der Waals surface area (Å²) in [5.41, 5.74) is 1.48. The maximum atomic E-state index is 10.6. The van der Waals surface area contributed by atoms with Crippen LogP contribution >= 0.6 is 0 Å². The first-order chi connectivity index (χ1) is 9.58. The molecular formula is C18H23NO. The number of aliphatic hydroxyl groups is 1. The summed E-state index contributed by atoms with van der Waals surface area (Å²) in [6.45, 7) is 3.44. The predicted octanol–water partition coefficient (Wildman–Crippen LogP) is 3.07. The van der Waals surface area contributed by atoms with Crippen molar-refractivity contribution in [2.75, 3.05) is 20.1 Å². The summed E-state index contributed by atoms with van der Waals surface area (Å²) >= 11 is 0. The van der Waals surface area contributed by atoms with Gasteiger partial charge in [0.1, 0.15) is 0 Å². The normalized spacial score (nSPS) is 14.2. The van der Waals surface area contributed by atoms with Crippen molar-refractivity contribution in [3.05, 3.63) is 71.8 Å². The highest BCUT2D eigenvalue weighted by Gasteiger charge is 2.24. The van der Waals surface area contributed by atoms with Gasteiger partial charge in [0.25, 0.3) is 0 Å². The molecule has 0 aromatic heterocycles. The van der Waals surface area contributed by atoms with Crippen LogP contribution in [0.3, 0.4) is 0 Å². The van der Waals surface area contributed by atoms with Gasteiger partial charge in [0.2, 0.25) is 0 Å². The molecule has 0 aliphatic rings. The molecule has 2 nitrogen and oxygen atoms in total. The molecule has 106 valence electrons. The van der Waals surface area contributed by atoms with Crippen LogP contribution in [-0.2, 0) is 12.0 Å². The minimum Gasteiger partial charge on any atom is -0.384 e. The van der Waals surface area contributed by atoms with E-state index in [4.69, 9.17) is 0 Å². The van der Waals surface area contributed by atoms with Gasteiger partial charge in [0.15, 0.2) is 0 Å². The molecule has 0 fully saturated rings. The third kappa shape index (κ3) is 4.19. The number of rotatable bonds is 6. The van der Waals surface area contributed by atoms with E-state index >= 15 is 0 Å². The first-order valence-corrected chi connectivity index (χ1v) is 7.08. The fourth-order valence-electron chi connectivity index (χ4n) is 2.46. The minimum absolute atomic E-state index is 0.629. The van der Waals surface area contributed by atoms with Crippen LogP contribution < -0.4 is 0 Å². The molecule has 0 heterocycles. The average molecular weight is 269 g/mol. The van der Waals surface area contributed by atoms with E-state index in [-0.39, 0.29) is 0 Å². The van der Waals surface area contributed by atoms with Gasteiger partial charge < -0.3 is 10.0 Å². The molecule has 0 bridgehead atoms. The first-order valence-electron chi connectivity index (χ1n) is 7.08. The Kier molecular flexibility index (Phi) is 4.94. The lowest BCUT2D eigenvalue weighted by molar-refractivity contribution is 0.0237. The number of nitrogens with zero attached hydrogens (tertiary/aromatic N) is 1. The molecule has 2 heteroatoms. The summed E-state index contributed by atoms with van der Waals surface area (Å²) in [5, 5.41) is 10.6. The summed E-state index contributed by atoms with van der Waals surface area (Å²) in [6, 6.07) is 20.3. The van der Waals surface area contributed by atoms with Gasteiger partial charge in [-0.05, 0) is 31.5 Å². The SMILES string of the molecule is CN(CCc1ccccc1)CC(C)(O)c1ccccc1. The monoisotopic (exact) mass is 269 g/mol. The van der Waals surface area contributed by atoms with Crippen LogP contribution in [0.5, 0.6) is 0 Å². The zero-order valence-electron chi connectivity index (χ0n) is 12.3. The third-order valence-electron chi connectivity index (χ3n) is 3.60. The number of benzene rings is 2. The Labute approximate surface area is 121 Å². The standard InChI is InChI=1S/C18H23NO/c1-18(20,17-11-7-4-8-12-17)15-19(2)14-13-16-9-5-3-6-10-16/h3-12,20H,13-15H2,1-2H3. The Morgan fingerprint density at radius 1 is 0.950 bits per heavy atom. The third-order valence-corrected chi connectivity index (χ3v) is 3.60. The summed E-state index contributed by atoms with van der Waals surface area (Å²) < 4.78 is 0. The molecule has 0 amide bonds. The average Bonchev–Trinajstić information content (AvgIpc) is 2.47. The van der Waals surface area contributed by atoms with Gasteiger partial charge in [0.05, 0.1) is 5.60 Å². The van der Waals surface area contributed by atoms with Crippen LogP contribution in [0.15, 0.2) is 60.7 Å². The van der Waals surface area contributed by atoms with E-state index in [1.54, 1.807) is 0 Å². The highest BCUT2D eigenvalue weighted by molar-refractivity contribution is 5.22. The summed E-state index contributed by atoms with van der Waals surface area (Å²) in [5.74, 6) is 0. The smallest absolute Gasteiger partial charge is 0.0994 e. The Morgan fingerprint density at radius 2 is 1.50 bits per heavy atom. The Balaban J connectivity index is 1.89. The number of hydrogen-bond donors (Lipinski definition) is 1. The summed E-state index contributed by atoms with van der Waals surface area (Å²) in [4.78, 5) is 2.18. The fraction of sp³-hybridized carbons (Fsp3) is 0.333. The van der Waals surface area contributed by atoms with Gasteiger partial charge in [-0.2, -0.15) is 0 Å². The van der Waals surface area contributed by atoms with Crippen molar-refractivity contribution in [1.82, 2.24) is 4.90 Å². The van der Waals surface area contributed by atoms with Crippen molar-refractivity contribution in [3.63, 3.8) is 0 Å². The quantitative estimate of drug-likeness (QED) is 0.871. The first kappa shape index (κ1) is 14.8. The Morgan fingerprint density at radius 3 is 2.10 bits per heavy atom. The minimum atomic E-state index is -0.813. The Bertz CT molecular complexity index is 507. The lowest BCUT2D eigenvalue weighted by atomic mass is 9.95. The second-order valence-electron chi connectivity index (χ2n) is 5.61. The molecule has 0 spiro atoms. The second-order valence-corrected chi connectivity index (χ2v) is 5.61. The molecule has 1 atom stereocenters. The molecule has 0 saturated carbocycles. The van der Waals surface area contributed by atoms with Crippen molar-refractivity contribution >= 4 is 0 Å². The molecule has 2 aromatic carbocycles. The van der Waals surface area contributed by atoms with Crippen LogP contribution in [0, 0.1) is 0 Å². The van der Waals surface area contributed by atoms with Crippen molar-refractivity contribution in [1.29, 1.82) is 0 Å². The van der Waals surface area contributed by atoms with E-state index < -0.39 is 5.60 Å². The van der Waals surface area contributed by atoms with Gasteiger partial charge in [-0.15, -0.1) is 0 Å². The zero-order valence-corrected chi connectivity index (χ0v) is 12.3. The van der Waals surface area contributed by atoms with E-state index in [9.17, 15) is 5.11 Å². The van der Waals surface area contributed by atoms with Gasteiger partial charge in [-0.1, -0.05) is 60.7 Å². The topological polar surface area (TPSA) is 23.5 Å². The lowest BCUT2D eigenvalue weighted by Gasteiger charge is -2.29. The molecule has 20 heavy (non-hydrogen) atoms. The molecule has 0 saturated heterocycles. The van der Waals surface area contributed by atoms with Crippen molar-refractivity contribution in [2.45, 2.75) is 18.9 Å². The molecule has 1 unspecified atom stereocenters. The fourth-order valence-corrected chi connectivity index (χ4v) is 2.46. The molecule has 2 rings (SSSR count). The molecule has 0 aliphatic carbocycles. The van der Waals surface area contributed by atoms with E-state index in [1.807, 2.05) is 43.3 Å². The largest absolute Gasteiger partial charge is 0.384 e. The second kappa shape index (κ2) is 6.69. The highest BCUT2D eigenvalue weighted by atomic mass is 16.3. The Hall–Kier alpha value is -1.64. The van der Waals surface area contributed by atoms with Crippen molar-refractivity contribution in [2.24, 2.45) is 0 Å². The van der Waals surface area contributed by atoms with Crippen LogP contribution in [0.2, 0.25) is 0 Å². The molecular weight excluding hydrogens is 246 g/mol. The highest BCUT2D eigenvalue weighted by Crippen LogP contribution is 2.21. The van der Waals surface area contributed by atoms with E-state index in [1.165, 1.54) is 5.56 Å². The zero-order chi connectivity index (χ0) is 14.4. The van der Waals surface area contributed by atoms with Gasteiger partial charge in [-0.25, -0.2) is 0 Å². The van der Waals surface area contributed by atoms with Gasteiger partial charge >= 0.3 is 0 Å². The molecule has 2 aromatic rings. The van der Waals surface area contributed by atoms with Crippen molar-refractivity contribution < 1.29 is 5.11 Å². The van der Waals surface area contributed by atoms with Crippen LogP contribution in [-0.4, -0.2) is 30.1 Å². The summed E-state index contributed by atoms with van der Waals surface area (Å²) in [7, 11) is 2.06. The molecule has 1 N–H and O–H groups in total. The lowest BCUT2D eigenvalue weighted by Crippen LogP contribution is -2.37. The molecule has 0 radical (unpaired) electrons. The number of likely N-dealkylation sites (N-methyl/N-ethyl adjacent to an activating group) is 1. The maximum Gasteiger partial charge on any atom is 0.0994 e. The van der Waals surface area contributed by atoms with E-state index in [0.29, 0.717) is 6.54 Å². The van der Waals surface area contributed by atoms with Crippen LogP contribution in [0.4, 0.5) is 0 Å². The van der Waals surface area contributed by atoms with Crippen molar-refractivity contribution in [3.8, 4) is 0 Å². The maximum absolute atomic E-state index is 10.6. The predicted molar refractivity (Wildman–Crippen MR) is 83.7 cm³/mol. The van der Waals surface area contributed by atoms with Crippen LogP contribution in [0.25, 0.3) is 0 Å². The van der Waals surface area contributed by atoms with E-state index in [2.05, 4.69) is 36.2 Å². The summed E-state index contributed by atoms with van der Waals surface area (Å²) in [6.07, 6.45) is 1.00. The van der Waals surface area contributed by atoms with Gasteiger partial charge in [0, 0.05) is 13.1 Å².